The largest absolute Gasteiger partial charge is 0.461 e. The Bertz CT molecular complexity index is 810. The van der Waals surface area contributed by atoms with Crippen molar-refractivity contribution in [1.29, 1.82) is 0 Å². The zero-order chi connectivity index (χ0) is 20.8. The number of allylic oxidation sites excluding steroid dienone is 1. The number of hydrogen-bond donors (Lipinski definition) is 3. The number of ketones is 1. The lowest BCUT2D eigenvalue weighted by Gasteiger charge is -2.48. The maximum absolute atomic E-state index is 13.9. The topological polar surface area (TPSA) is 104 Å². The molecule has 0 saturated heterocycles. The third kappa shape index (κ3) is 2.14. The predicted molar refractivity (Wildman–Crippen MR) is 101 cm³/mol. The van der Waals surface area contributed by atoms with Crippen molar-refractivity contribution in [3.63, 3.8) is 0 Å². The van der Waals surface area contributed by atoms with Crippen molar-refractivity contribution in [2.75, 3.05) is 6.61 Å². The molecule has 0 aliphatic heterocycles. The number of ether oxygens (including phenoxy) is 1. The lowest BCUT2D eigenvalue weighted by atomic mass is 9.59. The van der Waals surface area contributed by atoms with E-state index in [0.717, 1.165) is 6.42 Å². The van der Waals surface area contributed by atoms with Crippen LogP contribution in [-0.4, -0.2) is 51.5 Å². The van der Waals surface area contributed by atoms with Crippen LogP contribution >= 0.6 is 0 Å². The molecule has 8 atom stereocenters. The smallest absolute Gasteiger partial charge is 0.302 e. The highest BCUT2D eigenvalue weighted by molar-refractivity contribution is 5.95. The molecule has 6 heteroatoms. The van der Waals surface area contributed by atoms with Crippen LogP contribution in [0, 0.1) is 34.5 Å². The van der Waals surface area contributed by atoms with Crippen molar-refractivity contribution in [1.82, 2.24) is 0 Å². The molecule has 0 radical (unpaired) electrons. The first kappa shape index (κ1) is 19.8. The fourth-order valence-electron chi connectivity index (χ4n) is 6.60. The number of aliphatic hydroxyl groups excluding tert-OH is 2. The number of carbonyl (C=O) groups excluding carboxylic acids is 2. The monoisotopic (exact) mass is 390 g/mol. The van der Waals surface area contributed by atoms with E-state index in [4.69, 9.17) is 4.74 Å². The maximum atomic E-state index is 13.9. The molecule has 3 N–H and O–H groups in total. The van der Waals surface area contributed by atoms with Crippen LogP contribution in [0.1, 0.15) is 41.0 Å². The van der Waals surface area contributed by atoms with Crippen LogP contribution in [0.25, 0.3) is 0 Å². The van der Waals surface area contributed by atoms with E-state index < -0.39 is 35.1 Å². The van der Waals surface area contributed by atoms with Crippen molar-refractivity contribution >= 4 is 11.8 Å². The van der Waals surface area contributed by atoms with Gasteiger partial charge in [-0.1, -0.05) is 32.9 Å². The van der Waals surface area contributed by atoms with Gasteiger partial charge in [-0.05, 0) is 47.7 Å². The average molecular weight is 390 g/mol. The van der Waals surface area contributed by atoms with E-state index in [1.807, 2.05) is 6.92 Å². The SMILES string of the molecule is CC(=O)OCC1=C[C@@H]2C(=O)C3(C=C(C)[C@H](O)[C@@]3(O)[C@@H]1O)[C@H](C)C[C@@H]1[C@H]2C1(C)C. The second-order valence-corrected chi connectivity index (χ2v) is 9.89. The Kier molecular flexibility index (Phi) is 4.08. The number of aliphatic hydroxyl groups is 3. The normalized spacial score (nSPS) is 48.5. The Morgan fingerprint density at radius 2 is 1.93 bits per heavy atom. The first-order chi connectivity index (χ1) is 12.9. The van der Waals surface area contributed by atoms with Gasteiger partial charge in [0.25, 0.3) is 0 Å². The summed E-state index contributed by atoms with van der Waals surface area (Å²) in [6, 6.07) is 0. The Morgan fingerprint density at radius 1 is 1.29 bits per heavy atom. The van der Waals surface area contributed by atoms with Gasteiger partial charge in [-0.15, -0.1) is 0 Å². The molecule has 4 rings (SSSR count). The number of carbonyl (C=O) groups is 2. The fraction of sp³-hybridized carbons (Fsp3) is 0.727. The summed E-state index contributed by atoms with van der Waals surface area (Å²) in [5.74, 6) is -0.956. The van der Waals surface area contributed by atoms with Crippen molar-refractivity contribution < 1.29 is 29.6 Å². The van der Waals surface area contributed by atoms with Gasteiger partial charge in [-0.3, -0.25) is 9.59 Å². The van der Waals surface area contributed by atoms with Gasteiger partial charge in [0.2, 0.25) is 0 Å². The van der Waals surface area contributed by atoms with Gasteiger partial charge < -0.3 is 20.1 Å². The number of rotatable bonds is 2. The van der Waals surface area contributed by atoms with Gasteiger partial charge in [0.15, 0.2) is 5.78 Å². The average Bonchev–Trinajstić information content (AvgIpc) is 3.11. The van der Waals surface area contributed by atoms with Crippen molar-refractivity contribution in [3.05, 3.63) is 23.3 Å². The minimum absolute atomic E-state index is 0.0113. The molecule has 2 bridgehead atoms. The summed E-state index contributed by atoms with van der Waals surface area (Å²) >= 11 is 0. The number of hydrogen-bond acceptors (Lipinski definition) is 6. The Hall–Kier alpha value is -1.50. The minimum atomic E-state index is -2.07. The summed E-state index contributed by atoms with van der Waals surface area (Å²) in [5.41, 5.74) is -2.67. The van der Waals surface area contributed by atoms with Crippen LogP contribution in [0.4, 0.5) is 0 Å². The molecule has 6 nitrogen and oxygen atoms in total. The molecule has 4 aliphatic rings. The fourth-order valence-corrected chi connectivity index (χ4v) is 6.60. The Labute approximate surface area is 165 Å². The van der Waals surface area contributed by atoms with E-state index in [-0.39, 0.29) is 35.2 Å². The van der Waals surface area contributed by atoms with Crippen LogP contribution < -0.4 is 0 Å². The molecule has 0 aromatic carbocycles. The van der Waals surface area contributed by atoms with Crippen LogP contribution in [0.15, 0.2) is 23.3 Å². The molecule has 4 aliphatic carbocycles. The van der Waals surface area contributed by atoms with E-state index in [2.05, 4.69) is 13.8 Å². The van der Waals surface area contributed by atoms with Gasteiger partial charge >= 0.3 is 5.97 Å². The number of Topliss-reactive ketones (excluding diaryl/α,β-unsaturated/α-hetero) is 1. The molecule has 1 unspecified atom stereocenters. The van der Waals surface area contributed by atoms with Crippen molar-refractivity contribution in [2.24, 2.45) is 34.5 Å². The summed E-state index contributed by atoms with van der Waals surface area (Å²) in [4.78, 5) is 25.3. The summed E-state index contributed by atoms with van der Waals surface area (Å²) < 4.78 is 5.11. The van der Waals surface area contributed by atoms with Crippen LogP contribution in [0.5, 0.6) is 0 Å². The van der Waals surface area contributed by atoms with Gasteiger partial charge in [0.05, 0.1) is 5.41 Å². The first-order valence-electron chi connectivity index (χ1n) is 10.1. The summed E-state index contributed by atoms with van der Waals surface area (Å²) in [5, 5.41) is 33.9. The van der Waals surface area contributed by atoms with Gasteiger partial charge in [0.1, 0.15) is 24.4 Å². The lowest BCUT2D eigenvalue weighted by molar-refractivity contribution is -0.190. The summed E-state index contributed by atoms with van der Waals surface area (Å²) in [7, 11) is 0. The quantitative estimate of drug-likeness (QED) is 0.486. The molecule has 0 amide bonds. The Balaban J connectivity index is 1.92. The zero-order valence-electron chi connectivity index (χ0n) is 17.1. The Morgan fingerprint density at radius 3 is 2.54 bits per heavy atom. The third-order valence-electron chi connectivity index (χ3n) is 8.19. The minimum Gasteiger partial charge on any atom is -0.461 e. The zero-order valence-corrected chi connectivity index (χ0v) is 17.1. The van der Waals surface area contributed by atoms with Gasteiger partial charge in [-0.2, -0.15) is 0 Å². The molecule has 0 heterocycles. The molecule has 2 fully saturated rings. The van der Waals surface area contributed by atoms with Gasteiger partial charge in [0, 0.05) is 12.8 Å². The predicted octanol–water partition coefficient (Wildman–Crippen LogP) is 1.39. The molecule has 1 spiro atoms. The van der Waals surface area contributed by atoms with E-state index in [9.17, 15) is 24.9 Å². The van der Waals surface area contributed by atoms with Crippen LogP contribution in [0.2, 0.25) is 0 Å². The molecule has 2 saturated carbocycles. The van der Waals surface area contributed by atoms with E-state index in [0.29, 0.717) is 11.5 Å². The van der Waals surface area contributed by atoms with E-state index >= 15 is 0 Å². The third-order valence-corrected chi connectivity index (χ3v) is 8.19. The number of esters is 1. The molecule has 0 aromatic heterocycles. The molecular formula is C22H30O6. The number of fused-ring (bicyclic) bond motifs is 3. The van der Waals surface area contributed by atoms with Crippen LogP contribution in [-0.2, 0) is 14.3 Å². The maximum Gasteiger partial charge on any atom is 0.302 e. The summed E-state index contributed by atoms with van der Waals surface area (Å²) in [6.45, 7) is 8.97. The first-order valence-corrected chi connectivity index (χ1v) is 10.1. The second-order valence-electron chi connectivity index (χ2n) is 9.89. The standard InChI is InChI=1S/C22H30O6/c1-10-8-21-11(2)6-15-16(20(15,4)5)14(19(21)26)7-13(9-28-12(3)23)18(25)22(21,27)17(10)24/h7-8,11,14-18,24-25,27H,6,9H2,1-5H3/t11-,14+,15-,16+,17+,18-,21?,22-/m1/s1. The molecular weight excluding hydrogens is 360 g/mol. The molecule has 0 aromatic rings. The molecule has 154 valence electrons. The van der Waals surface area contributed by atoms with Crippen molar-refractivity contribution in [3.8, 4) is 0 Å². The molecule has 28 heavy (non-hydrogen) atoms. The van der Waals surface area contributed by atoms with Crippen LogP contribution in [0.3, 0.4) is 0 Å². The second kappa shape index (κ2) is 5.77. The lowest BCUT2D eigenvalue weighted by Crippen LogP contribution is -2.65. The van der Waals surface area contributed by atoms with E-state index in [1.165, 1.54) is 6.92 Å². The van der Waals surface area contributed by atoms with Crippen molar-refractivity contribution in [2.45, 2.75) is 58.8 Å². The van der Waals surface area contributed by atoms with E-state index in [1.54, 1.807) is 19.1 Å². The highest BCUT2D eigenvalue weighted by Crippen LogP contribution is 2.71. The highest BCUT2D eigenvalue weighted by atomic mass is 16.5. The highest BCUT2D eigenvalue weighted by Gasteiger charge is 2.75. The van der Waals surface area contributed by atoms with Gasteiger partial charge in [-0.25, -0.2) is 0 Å². The summed E-state index contributed by atoms with van der Waals surface area (Å²) in [6.07, 6.45) is 1.27.